The van der Waals surface area contributed by atoms with Gasteiger partial charge in [-0.05, 0) is 92.8 Å². The van der Waals surface area contributed by atoms with Crippen LogP contribution in [0.5, 0.6) is 17.2 Å². The monoisotopic (exact) mass is 476 g/mol. The Labute approximate surface area is 208 Å². The molecule has 4 rings (SSSR count). The molecular weight excluding hydrogens is 439 g/mol. The van der Waals surface area contributed by atoms with Crippen LogP contribution in [0.15, 0.2) is 54.6 Å². The van der Waals surface area contributed by atoms with Gasteiger partial charge in [0, 0.05) is 36.9 Å². The number of hydrogen-bond acceptors (Lipinski definition) is 4. The minimum atomic E-state index is -0.218. The van der Waals surface area contributed by atoms with Crippen molar-refractivity contribution >= 4 is 5.69 Å². The first-order valence-corrected chi connectivity index (χ1v) is 12.8. The van der Waals surface area contributed by atoms with Crippen LogP contribution in [0.2, 0.25) is 0 Å². The molecule has 0 aromatic heterocycles. The molecule has 0 spiro atoms. The average molecular weight is 477 g/mol. The molecule has 0 unspecified atom stereocenters. The molecule has 1 fully saturated rings. The minimum absolute atomic E-state index is 0.218. The minimum Gasteiger partial charge on any atom is -0.508 e. The number of nitrogens with one attached hydrogen (secondary N) is 1. The first-order valence-electron chi connectivity index (χ1n) is 12.8. The highest BCUT2D eigenvalue weighted by Gasteiger charge is 2.23. The van der Waals surface area contributed by atoms with Gasteiger partial charge < -0.3 is 15.2 Å². The van der Waals surface area contributed by atoms with Crippen molar-refractivity contribution in [3.8, 4) is 17.2 Å². The maximum Gasteiger partial charge on any atom is 0.133 e. The summed E-state index contributed by atoms with van der Waals surface area (Å²) in [4.78, 5) is 2.42. The van der Waals surface area contributed by atoms with Gasteiger partial charge in [-0.2, -0.15) is 0 Å². The quantitative estimate of drug-likeness (QED) is 0.332. The summed E-state index contributed by atoms with van der Waals surface area (Å²) in [6.07, 6.45) is 6.02. The molecule has 1 aliphatic rings. The van der Waals surface area contributed by atoms with Crippen molar-refractivity contribution < 1.29 is 14.2 Å². The zero-order chi connectivity index (χ0) is 24.8. The third kappa shape index (κ3) is 6.55. The van der Waals surface area contributed by atoms with E-state index < -0.39 is 0 Å². The summed E-state index contributed by atoms with van der Waals surface area (Å²) in [6.45, 7) is 8.40. The summed E-state index contributed by atoms with van der Waals surface area (Å²) < 4.78 is 19.8. The molecule has 0 amide bonds. The van der Waals surface area contributed by atoms with Crippen molar-refractivity contribution in [3.63, 3.8) is 0 Å². The number of phenolic OH excluding ortho intramolecular Hbond substituents is 1. The fraction of sp³-hybridized carbons (Fsp3) is 0.400. The molecule has 35 heavy (non-hydrogen) atoms. The van der Waals surface area contributed by atoms with E-state index in [1.165, 1.54) is 31.4 Å². The third-order valence-corrected chi connectivity index (χ3v) is 6.88. The molecule has 5 heteroatoms. The smallest absolute Gasteiger partial charge is 0.133 e. The molecule has 0 atom stereocenters. The van der Waals surface area contributed by atoms with Crippen molar-refractivity contribution in [1.29, 1.82) is 0 Å². The fourth-order valence-corrected chi connectivity index (χ4v) is 5.09. The van der Waals surface area contributed by atoms with E-state index in [0.717, 1.165) is 59.6 Å². The van der Waals surface area contributed by atoms with Crippen molar-refractivity contribution in [3.05, 3.63) is 82.7 Å². The predicted molar refractivity (Wildman–Crippen MR) is 141 cm³/mol. The zero-order valence-electron chi connectivity index (χ0n) is 21.1. The highest BCUT2D eigenvalue weighted by atomic mass is 19.1. The highest BCUT2D eigenvalue weighted by Crippen LogP contribution is 2.35. The lowest BCUT2D eigenvalue weighted by Crippen LogP contribution is -2.35. The van der Waals surface area contributed by atoms with E-state index in [-0.39, 0.29) is 11.6 Å². The summed E-state index contributed by atoms with van der Waals surface area (Å²) in [6, 6.07) is 16.9. The number of rotatable bonds is 9. The van der Waals surface area contributed by atoms with Crippen LogP contribution >= 0.6 is 0 Å². The van der Waals surface area contributed by atoms with Crippen LogP contribution in [-0.4, -0.2) is 22.6 Å². The molecule has 0 radical (unpaired) electrons. The van der Waals surface area contributed by atoms with E-state index in [1.807, 2.05) is 24.3 Å². The van der Waals surface area contributed by atoms with Crippen molar-refractivity contribution in [2.45, 2.75) is 72.0 Å². The number of aromatic hydroxyl groups is 1. The van der Waals surface area contributed by atoms with Crippen LogP contribution < -0.4 is 10.1 Å². The van der Waals surface area contributed by atoms with Gasteiger partial charge in [-0.1, -0.05) is 31.4 Å². The largest absolute Gasteiger partial charge is 0.508 e. The van der Waals surface area contributed by atoms with Gasteiger partial charge in [-0.15, -0.1) is 0 Å². The van der Waals surface area contributed by atoms with E-state index in [9.17, 15) is 9.50 Å². The Hall–Kier alpha value is -3.05. The Balaban J connectivity index is 1.56. The van der Waals surface area contributed by atoms with E-state index in [4.69, 9.17) is 4.74 Å². The van der Waals surface area contributed by atoms with Crippen LogP contribution in [0.25, 0.3) is 0 Å². The molecule has 3 aromatic carbocycles. The molecule has 4 nitrogen and oxygen atoms in total. The Morgan fingerprint density at radius 3 is 2.29 bits per heavy atom. The van der Waals surface area contributed by atoms with Gasteiger partial charge in [0.05, 0.1) is 0 Å². The Morgan fingerprint density at radius 1 is 0.943 bits per heavy atom. The van der Waals surface area contributed by atoms with Crippen molar-refractivity contribution in [1.82, 2.24) is 4.90 Å². The Morgan fingerprint density at radius 2 is 1.63 bits per heavy atom. The Bertz CT molecular complexity index is 1100. The highest BCUT2D eigenvalue weighted by molar-refractivity contribution is 5.56. The second-order valence-electron chi connectivity index (χ2n) is 9.69. The van der Waals surface area contributed by atoms with E-state index >= 15 is 0 Å². The van der Waals surface area contributed by atoms with Crippen LogP contribution in [0.1, 0.15) is 61.3 Å². The van der Waals surface area contributed by atoms with Crippen molar-refractivity contribution in [2.24, 2.45) is 0 Å². The number of anilines is 1. The first kappa shape index (κ1) is 25.1. The van der Waals surface area contributed by atoms with E-state index in [0.29, 0.717) is 18.3 Å². The molecule has 0 bridgehead atoms. The lowest BCUT2D eigenvalue weighted by Gasteiger charge is -2.34. The van der Waals surface area contributed by atoms with Gasteiger partial charge in [0.25, 0.3) is 0 Å². The number of nitrogens with zero attached hydrogens (tertiary/aromatic N) is 1. The number of phenols is 1. The van der Waals surface area contributed by atoms with Gasteiger partial charge in [-0.25, -0.2) is 4.39 Å². The van der Waals surface area contributed by atoms with Gasteiger partial charge in [0.2, 0.25) is 0 Å². The average Bonchev–Trinajstić information content (AvgIpc) is 2.85. The second-order valence-corrected chi connectivity index (χ2v) is 9.69. The van der Waals surface area contributed by atoms with Gasteiger partial charge in [0.15, 0.2) is 0 Å². The lowest BCUT2D eigenvalue weighted by atomic mass is 9.93. The van der Waals surface area contributed by atoms with Crippen LogP contribution in [0.4, 0.5) is 10.1 Å². The number of benzene rings is 3. The molecule has 0 heterocycles. The maximum atomic E-state index is 13.5. The molecule has 2 N–H and O–H groups in total. The lowest BCUT2D eigenvalue weighted by molar-refractivity contribution is 0.138. The van der Waals surface area contributed by atoms with Gasteiger partial charge in [0.1, 0.15) is 23.1 Å². The summed E-state index contributed by atoms with van der Waals surface area (Å²) in [7, 11) is 0. The third-order valence-electron chi connectivity index (χ3n) is 6.88. The molecule has 1 aliphatic carbocycles. The normalized spacial score (nSPS) is 14.3. The number of hydrogen-bond donors (Lipinski definition) is 2. The summed E-state index contributed by atoms with van der Waals surface area (Å²) in [5.41, 5.74) is 5.14. The summed E-state index contributed by atoms with van der Waals surface area (Å²) in [5, 5.41) is 14.1. The zero-order valence-corrected chi connectivity index (χ0v) is 21.1. The SMILES string of the molecule is CCNc1cc(C)c(Oc2ccc(O)c(CN(Cc3ccc(F)cc3)C3CCCCC3)c2)c(C)c1. The molecule has 186 valence electrons. The maximum absolute atomic E-state index is 13.5. The Kier molecular flexibility index (Phi) is 8.29. The number of ether oxygens (including phenoxy) is 1. The van der Waals surface area contributed by atoms with Gasteiger partial charge in [-0.3, -0.25) is 4.90 Å². The van der Waals surface area contributed by atoms with Gasteiger partial charge >= 0.3 is 0 Å². The van der Waals surface area contributed by atoms with E-state index in [2.05, 4.69) is 43.1 Å². The van der Waals surface area contributed by atoms with Crippen LogP contribution in [0.3, 0.4) is 0 Å². The van der Waals surface area contributed by atoms with E-state index in [1.54, 1.807) is 6.07 Å². The standard InChI is InChI=1S/C30H37FN2O2/c1-4-32-26-16-21(2)30(22(3)17-26)35-28-14-15-29(34)24(18-28)20-33(27-8-6-5-7-9-27)19-23-10-12-25(31)13-11-23/h10-18,27,32,34H,4-9,19-20H2,1-3H3. The van der Waals surface area contributed by atoms with Crippen LogP contribution in [0, 0.1) is 19.7 Å². The summed E-state index contributed by atoms with van der Waals surface area (Å²) >= 11 is 0. The summed E-state index contributed by atoms with van der Waals surface area (Å²) in [5.74, 6) is 1.61. The molecule has 0 aliphatic heterocycles. The van der Waals surface area contributed by atoms with Crippen molar-refractivity contribution in [2.75, 3.05) is 11.9 Å². The fourth-order valence-electron chi connectivity index (χ4n) is 5.09. The second kappa shape index (κ2) is 11.6. The molecular formula is C30H37FN2O2. The molecule has 3 aromatic rings. The molecule has 1 saturated carbocycles. The number of halogens is 1. The molecule has 0 saturated heterocycles. The van der Waals surface area contributed by atoms with Crippen LogP contribution in [-0.2, 0) is 13.1 Å². The first-order chi connectivity index (χ1) is 16.9. The topological polar surface area (TPSA) is 44.7 Å². The predicted octanol–water partition coefficient (Wildman–Crippen LogP) is 7.71. The number of aryl methyl sites for hydroxylation is 2.